The van der Waals surface area contributed by atoms with Gasteiger partial charge in [-0.1, -0.05) is 36.8 Å². The van der Waals surface area contributed by atoms with E-state index in [1.165, 1.54) is 12.3 Å². The second kappa shape index (κ2) is 16.3. The molecule has 0 fully saturated rings. The fraction of sp³-hybridized carbons (Fsp3) is 0.345. The molecule has 44 heavy (non-hydrogen) atoms. The minimum absolute atomic E-state index is 0.00987. The molecule has 15 heteroatoms. The van der Waals surface area contributed by atoms with Crippen LogP contribution in [0.5, 0.6) is 0 Å². The summed E-state index contributed by atoms with van der Waals surface area (Å²) in [4.78, 5) is 44.7. The van der Waals surface area contributed by atoms with Gasteiger partial charge in [-0.15, -0.1) is 0 Å². The predicted octanol–water partition coefficient (Wildman–Crippen LogP) is 3.18. The molecule has 3 aromatic rings. The number of hydrogen-bond donors (Lipinski definition) is 5. The van der Waals surface area contributed by atoms with Crippen molar-refractivity contribution in [2.24, 2.45) is 0 Å². The van der Waals surface area contributed by atoms with E-state index < -0.39 is 38.4 Å². The lowest BCUT2D eigenvalue weighted by molar-refractivity contribution is -0.143. The minimum atomic E-state index is -3.77. The summed E-state index contributed by atoms with van der Waals surface area (Å²) in [5.41, 5.74) is 5.43. The highest BCUT2D eigenvalue weighted by Gasteiger charge is 2.20. The predicted molar refractivity (Wildman–Crippen MR) is 160 cm³/mol. The third kappa shape index (κ3) is 10.3. The van der Waals surface area contributed by atoms with Gasteiger partial charge in [0.05, 0.1) is 19.3 Å². The normalized spacial score (nSPS) is 11.7. The number of benzene rings is 2. The first-order chi connectivity index (χ1) is 21.0. The first kappa shape index (κ1) is 33.9. The number of aliphatic hydroxyl groups is 1. The molecule has 5 N–H and O–H groups in total. The number of carbonyl (C=O) groups excluding carboxylic acids is 3. The van der Waals surface area contributed by atoms with Crippen LogP contribution in [-0.4, -0.2) is 60.7 Å². The molecule has 0 aliphatic heterocycles. The Kier molecular flexibility index (Phi) is 12.5. The van der Waals surface area contributed by atoms with Crippen molar-refractivity contribution in [3.05, 3.63) is 71.7 Å². The number of ether oxygens (including phenoxy) is 1. The van der Waals surface area contributed by atoms with Crippen molar-refractivity contribution in [3.63, 3.8) is 0 Å². The van der Waals surface area contributed by atoms with Gasteiger partial charge in [0.1, 0.15) is 22.1 Å². The van der Waals surface area contributed by atoms with Crippen LogP contribution in [0, 0.1) is 5.82 Å². The number of carbonyl (C=O) groups is 3. The van der Waals surface area contributed by atoms with Crippen molar-refractivity contribution < 1.29 is 37.0 Å². The fourth-order valence-electron chi connectivity index (χ4n) is 4.03. The van der Waals surface area contributed by atoms with Crippen LogP contribution in [0.1, 0.15) is 61.0 Å². The summed E-state index contributed by atoms with van der Waals surface area (Å²) in [7, 11) is -3.77. The largest absolute Gasteiger partial charge is 0.466 e. The first-order valence-electron chi connectivity index (χ1n) is 13.8. The summed E-state index contributed by atoms with van der Waals surface area (Å²) >= 11 is 0. The Morgan fingerprint density at radius 1 is 1.02 bits per heavy atom. The summed E-state index contributed by atoms with van der Waals surface area (Å²) in [5.74, 6) is -2.52. The second-order valence-corrected chi connectivity index (χ2v) is 11.6. The van der Waals surface area contributed by atoms with Crippen LogP contribution in [-0.2, 0) is 24.2 Å². The topological polar surface area (TPSA) is 189 Å². The maximum Gasteiger partial charge on any atom is 0.305 e. The van der Waals surface area contributed by atoms with E-state index in [0.717, 1.165) is 18.4 Å². The van der Waals surface area contributed by atoms with Crippen molar-refractivity contribution in [1.29, 1.82) is 0 Å². The molecule has 0 aliphatic carbocycles. The number of amides is 2. The van der Waals surface area contributed by atoms with Crippen LogP contribution in [0.3, 0.4) is 0 Å². The molecule has 0 unspecified atom stereocenters. The Morgan fingerprint density at radius 3 is 2.41 bits per heavy atom. The number of sulfone groups is 1. The number of unbranched alkanes of at least 4 members (excludes halogenated alkanes) is 2. The zero-order chi connectivity index (χ0) is 32.1. The van der Waals surface area contributed by atoms with Crippen molar-refractivity contribution >= 4 is 45.1 Å². The number of anilines is 3. The first-order valence-corrected chi connectivity index (χ1v) is 15.7. The molecule has 0 spiro atoms. The second-order valence-electron chi connectivity index (χ2n) is 9.66. The number of hydrazine groups is 1. The molecule has 0 radical (unpaired) electrons. The van der Waals surface area contributed by atoms with E-state index >= 15 is 0 Å². The van der Waals surface area contributed by atoms with Gasteiger partial charge in [-0.3, -0.25) is 25.2 Å². The van der Waals surface area contributed by atoms with E-state index in [4.69, 9.17) is 4.74 Å². The Labute approximate surface area is 254 Å². The molecule has 1 aromatic heterocycles. The van der Waals surface area contributed by atoms with E-state index in [2.05, 4.69) is 31.5 Å². The van der Waals surface area contributed by atoms with Crippen LogP contribution in [0.25, 0.3) is 0 Å². The van der Waals surface area contributed by atoms with Crippen LogP contribution >= 0.6 is 0 Å². The Morgan fingerprint density at radius 2 is 1.75 bits per heavy atom. The zero-order valence-electron chi connectivity index (χ0n) is 24.3. The number of esters is 1. The van der Waals surface area contributed by atoms with Gasteiger partial charge in [0.15, 0.2) is 9.84 Å². The average molecular weight is 631 g/mol. The number of aromatic nitrogens is 2. The van der Waals surface area contributed by atoms with E-state index in [1.807, 2.05) is 0 Å². The number of nitrogens with zero attached hydrogens (tertiary/aromatic N) is 2. The average Bonchev–Trinajstić information content (AvgIpc) is 2.98. The van der Waals surface area contributed by atoms with Gasteiger partial charge < -0.3 is 20.5 Å². The van der Waals surface area contributed by atoms with Gasteiger partial charge in [0.2, 0.25) is 11.9 Å². The number of rotatable bonds is 15. The third-order valence-electron chi connectivity index (χ3n) is 6.22. The maximum atomic E-state index is 14.4. The van der Waals surface area contributed by atoms with E-state index in [0.29, 0.717) is 31.4 Å². The molecule has 0 saturated heterocycles. The van der Waals surface area contributed by atoms with Crippen LogP contribution in [0.15, 0.2) is 59.6 Å². The fourth-order valence-corrected chi connectivity index (χ4v) is 4.76. The number of halogens is 1. The third-order valence-corrected chi connectivity index (χ3v) is 7.35. The molecule has 1 heterocycles. The van der Waals surface area contributed by atoms with E-state index in [-0.39, 0.29) is 48.4 Å². The molecule has 2 amide bonds. The summed E-state index contributed by atoms with van der Waals surface area (Å²) in [6.07, 6.45) is 4.15. The van der Waals surface area contributed by atoms with Crippen LogP contribution < -0.4 is 21.5 Å². The van der Waals surface area contributed by atoms with E-state index in [9.17, 15) is 32.3 Å². The van der Waals surface area contributed by atoms with Crippen LogP contribution in [0.2, 0.25) is 0 Å². The highest BCUT2D eigenvalue weighted by molar-refractivity contribution is 7.90. The van der Waals surface area contributed by atoms with Crippen molar-refractivity contribution in [3.8, 4) is 0 Å². The number of aliphatic hydroxyl groups excluding tert-OH is 1. The van der Waals surface area contributed by atoms with Crippen LogP contribution in [0.4, 0.5) is 21.8 Å². The van der Waals surface area contributed by atoms with Gasteiger partial charge >= 0.3 is 5.97 Å². The molecule has 13 nitrogen and oxygen atoms in total. The van der Waals surface area contributed by atoms with Crippen molar-refractivity contribution in [2.45, 2.75) is 50.0 Å². The van der Waals surface area contributed by atoms with Gasteiger partial charge in [-0.05, 0) is 43.5 Å². The van der Waals surface area contributed by atoms with E-state index in [1.54, 1.807) is 37.3 Å². The highest BCUT2D eigenvalue weighted by Crippen LogP contribution is 2.25. The zero-order valence-corrected chi connectivity index (χ0v) is 25.1. The molecular weight excluding hydrogens is 595 g/mol. The summed E-state index contributed by atoms with van der Waals surface area (Å²) < 4.78 is 42.8. The van der Waals surface area contributed by atoms with Gasteiger partial charge in [-0.25, -0.2) is 17.8 Å². The number of hydrogen-bond acceptors (Lipinski definition) is 11. The van der Waals surface area contributed by atoms with Gasteiger partial charge in [0, 0.05) is 31.0 Å². The summed E-state index contributed by atoms with van der Waals surface area (Å²) in [5, 5.41) is 15.8. The van der Waals surface area contributed by atoms with Crippen molar-refractivity contribution in [2.75, 3.05) is 30.1 Å². The summed E-state index contributed by atoms with van der Waals surface area (Å²) in [6.45, 7) is 1.69. The Hall–Kier alpha value is -4.63. The van der Waals surface area contributed by atoms with Crippen molar-refractivity contribution in [1.82, 2.24) is 20.8 Å². The lowest BCUT2D eigenvalue weighted by atomic mass is 10.1. The molecule has 2 aromatic carbocycles. The Balaban J connectivity index is 1.73. The SMILES string of the molecule is CCOC(=O)CCCCCC(=O)NNC(=O)c1cnc(Nc2ccc(S(C)(=O)=O)c(F)c2)nc1N[C@H](CO)c1ccccc1. The molecule has 0 saturated carbocycles. The highest BCUT2D eigenvalue weighted by atomic mass is 32.2. The lowest BCUT2D eigenvalue weighted by Gasteiger charge is -2.20. The molecule has 0 bridgehead atoms. The molecule has 236 valence electrons. The van der Waals surface area contributed by atoms with Gasteiger partial charge in [-0.2, -0.15) is 4.98 Å². The maximum absolute atomic E-state index is 14.4. The molecular formula is C29H35FN6O7S. The quantitative estimate of drug-likeness (QED) is 0.0942. The molecule has 0 aliphatic rings. The standard InChI is InChI=1S/C29H35FN6O7S/c1-3-43-26(39)13-9-5-8-12-25(38)35-36-28(40)21-17-31-29(32-20-14-15-24(22(30)16-20)44(2,41)42)34-27(21)33-23(18-37)19-10-6-4-7-11-19/h4,6-7,10-11,14-17,23,37H,3,5,8-9,12-13,18H2,1-2H3,(H,35,38)(H,36,40)(H2,31,32,33,34)/t23-/m1/s1. The molecule has 1 atom stereocenters. The lowest BCUT2D eigenvalue weighted by Crippen LogP contribution is -2.42. The summed E-state index contributed by atoms with van der Waals surface area (Å²) in [6, 6.07) is 11.6. The smallest absolute Gasteiger partial charge is 0.305 e. The minimum Gasteiger partial charge on any atom is -0.466 e. The molecule has 3 rings (SSSR count). The number of nitrogens with one attached hydrogen (secondary N) is 4. The monoisotopic (exact) mass is 630 g/mol. The van der Waals surface area contributed by atoms with Gasteiger partial charge in [0.25, 0.3) is 5.91 Å². The Bertz CT molecular complexity index is 1560.